The van der Waals surface area contributed by atoms with E-state index in [9.17, 15) is 13.2 Å². The van der Waals surface area contributed by atoms with Crippen molar-refractivity contribution < 1.29 is 17.9 Å². The Morgan fingerprint density at radius 1 is 1.17 bits per heavy atom. The Hall–Kier alpha value is -2.52. The summed E-state index contributed by atoms with van der Waals surface area (Å²) in [6.07, 6.45) is 1.33. The van der Waals surface area contributed by atoms with E-state index in [0.29, 0.717) is 16.3 Å². The third-order valence-electron chi connectivity index (χ3n) is 3.18. The normalized spacial score (nSPS) is 11.3. The third-order valence-corrected chi connectivity index (χ3v) is 5.07. The highest BCUT2D eigenvalue weighted by molar-refractivity contribution is 7.93. The van der Waals surface area contributed by atoms with Crippen molar-refractivity contribution in [2.24, 2.45) is 0 Å². The summed E-state index contributed by atoms with van der Waals surface area (Å²) >= 11 is 0.900. The number of sulfonamides is 1. The summed E-state index contributed by atoms with van der Waals surface area (Å²) in [7, 11) is -2.58. The monoisotopic (exact) mass is 349 g/mol. The van der Waals surface area contributed by atoms with Crippen LogP contribution in [0.2, 0.25) is 0 Å². The summed E-state index contributed by atoms with van der Waals surface area (Å²) in [6, 6.07) is 9.54. The van der Waals surface area contributed by atoms with Gasteiger partial charge in [0.15, 0.2) is 5.82 Å². The van der Waals surface area contributed by atoms with E-state index in [4.69, 9.17) is 4.74 Å². The largest absolute Gasteiger partial charge is 0.465 e. The van der Waals surface area contributed by atoms with Crippen LogP contribution in [0.5, 0.6) is 0 Å². The van der Waals surface area contributed by atoms with Gasteiger partial charge in [-0.25, -0.2) is 13.2 Å². The second-order valence-electron chi connectivity index (χ2n) is 4.55. The van der Waals surface area contributed by atoms with Crippen LogP contribution in [-0.2, 0) is 14.8 Å². The standard InChI is InChI=1S/C14H11N3O4S2/c1-21-14(18)11-6-2-5-10-9(11)4-3-7-12(10)23(19,20)17-13-8-15-22-16-13/h2-8H,1H3,(H,16,17). The van der Waals surface area contributed by atoms with Crippen LogP contribution < -0.4 is 4.72 Å². The Balaban J connectivity index is 2.17. The Morgan fingerprint density at radius 3 is 2.61 bits per heavy atom. The van der Waals surface area contributed by atoms with Gasteiger partial charge in [0, 0.05) is 5.39 Å². The van der Waals surface area contributed by atoms with Crippen LogP contribution in [0, 0.1) is 0 Å². The van der Waals surface area contributed by atoms with Gasteiger partial charge in [-0.3, -0.25) is 4.72 Å². The lowest BCUT2D eigenvalue weighted by molar-refractivity contribution is 0.0603. The van der Waals surface area contributed by atoms with E-state index in [0.717, 1.165) is 11.7 Å². The van der Waals surface area contributed by atoms with E-state index in [1.165, 1.54) is 19.4 Å². The zero-order valence-electron chi connectivity index (χ0n) is 11.9. The van der Waals surface area contributed by atoms with Crippen molar-refractivity contribution in [3.63, 3.8) is 0 Å². The van der Waals surface area contributed by atoms with Gasteiger partial charge < -0.3 is 4.74 Å². The molecule has 23 heavy (non-hydrogen) atoms. The fourth-order valence-corrected chi connectivity index (χ4v) is 3.85. The number of ether oxygens (including phenoxy) is 1. The number of anilines is 1. The van der Waals surface area contributed by atoms with Gasteiger partial charge in [-0.15, -0.1) is 0 Å². The average Bonchev–Trinajstić information content (AvgIpc) is 3.05. The number of fused-ring (bicyclic) bond motifs is 1. The molecule has 9 heteroatoms. The number of nitrogens with zero attached hydrogens (tertiary/aromatic N) is 2. The van der Waals surface area contributed by atoms with E-state index in [2.05, 4.69) is 13.5 Å². The predicted octanol–water partition coefficient (Wildman–Crippen LogP) is 2.28. The Morgan fingerprint density at radius 2 is 1.91 bits per heavy atom. The zero-order valence-corrected chi connectivity index (χ0v) is 13.5. The van der Waals surface area contributed by atoms with E-state index in [-0.39, 0.29) is 10.7 Å². The molecule has 3 rings (SSSR count). The van der Waals surface area contributed by atoms with Crippen molar-refractivity contribution in [3.05, 3.63) is 48.2 Å². The van der Waals surface area contributed by atoms with Gasteiger partial charge in [-0.05, 0) is 17.5 Å². The summed E-state index contributed by atoms with van der Waals surface area (Å²) in [5, 5.41) is 0.921. The smallest absolute Gasteiger partial charge is 0.338 e. The molecule has 1 N–H and O–H groups in total. The van der Waals surface area contributed by atoms with Gasteiger partial charge in [0.2, 0.25) is 0 Å². The molecule has 0 aliphatic rings. The molecule has 7 nitrogen and oxygen atoms in total. The molecule has 0 saturated heterocycles. The number of rotatable bonds is 4. The second kappa shape index (κ2) is 5.94. The lowest BCUT2D eigenvalue weighted by Crippen LogP contribution is -2.14. The molecule has 0 fully saturated rings. The fourth-order valence-electron chi connectivity index (χ4n) is 2.21. The molecule has 118 valence electrons. The highest BCUT2D eigenvalue weighted by Crippen LogP contribution is 2.27. The third kappa shape index (κ3) is 2.88. The summed E-state index contributed by atoms with van der Waals surface area (Å²) in [5.74, 6) is -0.377. The lowest BCUT2D eigenvalue weighted by atomic mass is 10.0. The molecule has 2 aromatic carbocycles. The van der Waals surface area contributed by atoms with Crippen LogP contribution in [0.25, 0.3) is 10.8 Å². The highest BCUT2D eigenvalue weighted by Gasteiger charge is 2.20. The number of carbonyl (C=O) groups is 1. The van der Waals surface area contributed by atoms with Crippen LogP contribution in [-0.4, -0.2) is 30.2 Å². The first-order valence-corrected chi connectivity index (χ1v) is 8.65. The molecule has 0 spiro atoms. The van der Waals surface area contributed by atoms with Gasteiger partial charge in [0.25, 0.3) is 10.0 Å². The van der Waals surface area contributed by atoms with Crippen LogP contribution in [0.15, 0.2) is 47.5 Å². The van der Waals surface area contributed by atoms with E-state index < -0.39 is 16.0 Å². The molecule has 0 unspecified atom stereocenters. The lowest BCUT2D eigenvalue weighted by Gasteiger charge is -2.10. The van der Waals surface area contributed by atoms with Crippen molar-refractivity contribution in [2.75, 3.05) is 11.8 Å². The molecule has 0 bridgehead atoms. The average molecular weight is 349 g/mol. The number of carbonyl (C=O) groups excluding carboxylic acids is 1. The minimum atomic E-state index is -3.86. The predicted molar refractivity (Wildman–Crippen MR) is 86.0 cm³/mol. The number of esters is 1. The summed E-state index contributed by atoms with van der Waals surface area (Å²) in [5.41, 5.74) is 0.303. The minimum absolute atomic E-state index is 0.0498. The van der Waals surface area contributed by atoms with Crippen molar-refractivity contribution in [2.45, 2.75) is 4.90 Å². The summed E-state index contributed by atoms with van der Waals surface area (Å²) in [6.45, 7) is 0. The van der Waals surface area contributed by atoms with Gasteiger partial charge in [0.1, 0.15) is 0 Å². The molecule has 1 heterocycles. The zero-order chi connectivity index (χ0) is 16.4. The highest BCUT2D eigenvalue weighted by atomic mass is 32.2. The van der Waals surface area contributed by atoms with E-state index >= 15 is 0 Å². The molecular formula is C14H11N3O4S2. The molecule has 0 amide bonds. The van der Waals surface area contributed by atoms with Crippen molar-refractivity contribution in [1.82, 2.24) is 8.75 Å². The first-order chi connectivity index (χ1) is 11.0. The van der Waals surface area contributed by atoms with Crippen molar-refractivity contribution >= 4 is 44.3 Å². The van der Waals surface area contributed by atoms with Crippen molar-refractivity contribution in [1.29, 1.82) is 0 Å². The first-order valence-electron chi connectivity index (χ1n) is 6.43. The SMILES string of the molecule is COC(=O)c1cccc2c(S(=O)(=O)Nc3cnsn3)cccc12. The minimum Gasteiger partial charge on any atom is -0.465 e. The molecular weight excluding hydrogens is 338 g/mol. The van der Waals surface area contributed by atoms with Gasteiger partial charge >= 0.3 is 5.97 Å². The molecule has 0 aliphatic carbocycles. The van der Waals surface area contributed by atoms with Gasteiger partial charge in [0.05, 0.1) is 35.5 Å². The van der Waals surface area contributed by atoms with E-state index in [1.54, 1.807) is 30.3 Å². The summed E-state index contributed by atoms with van der Waals surface area (Å²) in [4.78, 5) is 11.9. The molecule has 3 aromatic rings. The second-order valence-corrected chi connectivity index (χ2v) is 6.75. The maximum Gasteiger partial charge on any atom is 0.338 e. The number of methoxy groups -OCH3 is 1. The van der Waals surface area contributed by atoms with Crippen LogP contribution in [0.1, 0.15) is 10.4 Å². The quantitative estimate of drug-likeness (QED) is 0.726. The van der Waals surface area contributed by atoms with Crippen LogP contribution in [0.4, 0.5) is 5.82 Å². The topological polar surface area (TPSA) is 98.2 Å². The number of hydrogen-bond acceptors (Lipinski definition) is 7. The Bertz CT molecular complexity index is 969. The van der Waals surface area contributed by atoms with E-state index in [1.807, 2.05) is 0 Å². The number of nitrogens with one attached hydrogen (secondary N) is 1. The summed E-state index contributed by atoms with van der Waals surface area (Å²) < 4.78 is 39.8. The Kier molecular flexibility index (Phi) is 3.97. The fraction of sp³-hybridized carbons (Fsp3) is 0.0714. The molecule has 0 aliphatic heterocycles. The van der Waals surface area contributed by atoms with Crippen molar-refractivity contribution in [3.8, 4) is 0 Å². The molecule has 0 radical (unpaired) electrons. The van der Waals surface area contributed by atoms with Crippen LogP contribution >= 0.6 is 11.7 Å². The number of benzene rings is 2. The first kappa shape index (κ1) is 15.4. The molecule has 0 atom stereocenters. The molecule has 1 aromatic heterocycles. The van der Waals surface area contributed by atoms with Crippen LogP contribution in [0.3, 0.4) is 0 Å². The Labute approximate surface area is 136 Å². The number of hydrogen-bond donors (Lipinski definition) is 1. The maximum atomic E-state index is 12.6. The van der Waals surface area contributed by atoms with Gasteiger partial charge in [-0.2, -0.15) is 8.75 Å². The molecule has 0 saturated carbocycles. The number of aromatic nitrogens is 2. The van der Waals surface area contributed by atoms with Gasteiger partial charge in [-0.1, -0.05) is 24.3 Å². The maximum absolute atomic E-state index is 12.6.